The first-order chi connectivity index (χ1) is 5.43. The lowest BCUT2D eigenvalue weighted by molar-refractivity contribution is 0.282. The molecule has 3 heteroatoms. The van der Waals surface area contributed by atoms with E-state index in [0.717, 1.165) is 11.7 Å². The molecule has 0 bridgehead atoms. The molecule has 11 heavy (non-hydrogen) atoms. The highest BCUT2D eigenvalue weighted by atomic mass is 32.2. The van der Waals surface area contributed by atoms with Crippen molar-refractivity contribution < 1.29 is 5.11 Å². The van der Waals surface area contributed by atoms with Gasteiger partial charge in [-0.15, -0.1) is 23.5 Å². The second kappa shape index (κ2) is 6.21. The van der Waals surface area contributed by atoms with Gasteiger partial charge in [-0.1, -0.05) is 12.8 Å². The molecular weight excluding hydrogens is 176 g/mol. The highest BCUT2D eigenvalue weighted by Gasteiger charge is 2.14. The molecule has 1 aliphatic heterocycles. The Morgan fingerprint density at radius 3 is 2.82 bits per heavy atom. The standard InChI is InChI=1S/C8H16OS2/c9-5-3-1-2-4-8-6-10-7-11-8/h8-9H,1-7H2. The Labute approximate surface area is 77.3 Å². The van der Waals surface area contributed by atoms with Gasteiger partial charge < -0.3 is 5.11 Å². The first-order valence-corrected chi connectivity index (χ1v) is 6.44. The summed E-state index contributed by atoms with van der Waals surface area (Å²) >= 11 is 4.16. The molecular formula is C8H16OS2. The number of hydrogen-bond donors (Lipinski definition) is 1. The zero-order valence-corrected chi connectivity index (χ0v) is 8.42. The zero-order chi connectivity index (χ0) is 7.94. The van der Waals surface area contributed by atoms with Crippen LogP contribution in [0.5, 0.6) is 0 Å². The molecule has 0 amide bonds. The van der Waals surface area contributed by atoms with Crippen LogP contribution in [0.15, 0.2) is 0 Å². The van der Waals surface area contributed by atoms with Gasteiger partial charge in [0.25, 0.3) is 0 Å². The summed E-state index contributed by atoms with van der Waals surface area (Å²) < 4.78 is 0. The summed E-state index contributed by atoms with van der Waals surface area (Å²) in [5.41, 5.74) is 0. The zero-order valence-electron chi connectivity index (χ0n) is 6.79. The van der Waals surface area contributed by atoms with Crippen LogP contribution in [0.25, 0.3) is 0 Å². The SMILES string of the molecule is OCCCCCC1CSCS1. The van der Waals surface area contributed by atoms with E-state index >= 15 is 0 Å². The highest BCUT2D eigenvalue weighted by molar-refractivity contribution is 8.19. The van der Waals surface area contributed by atoms with Crippen LogP contribution in [-0.4, -0.2) is 27.8 Å². The fourth-order valence-corrected chi connectivity index (χ4v) is 4.18. The molecule has 66 valence electrons. The predicted octanol–water partition coefficient (Wildman–Crippen LogP) is 2.35. The fraction of sp³-hybridized carbons (Fsp3) is 1.00. The number of rotatable bonds is 5. The molecule has 0 radical (unpaired) electrons. The maximum atomic E-state index is 8.55. The largest absolute Gasteiger partial charge is 0.396 e. The van der Waals surface area contributed by atoms with Gasteiger partial charge >= 0.3 is 0 Å². The van der Waals surface area contributed by atoms with Gasteiger partial charge in [-0.05, 0) is 12.8 Å². The van der Waals surface area contributed by atoms with Crippen molar-refractivity contribution in [2.45, 2.75) is 30.9 Å². The molecule has 1 saturated heterocycles. The molecule has 0 aromatic rings. The van der Waals surface area contributed by atoms with E-state index in [4.69, 9.17) is 5.11 Å². The predicted molar refractivity (Wildman–Crippen MR) is 54.3 cm³/mol. The summed E-state index contributed by atoms with van der Waals surface area (Å²) in [6.45, 7) is 0.368. The first-order valence-electron chi connectivity index (χ1n) is 4.23. The van der Waals surface area contributed by atoms with Crippen molar-refractivity contribution in [2.24, 2.45) is 0 Å². The van der Waals surface area contributed by atoms with Crippen LogP contribution in [0.4, 0.5) is 0 Å². The van der Waals surface area contributed by atoms with Crippen LogP contribution in [-0.2, 0) is 0 Å². The molecule has 1 fully saturated rings. The molecule has 1 heterocycles. The van der Waals surface area contributed by atoms with Crippen molar-refractivity contribution in [3.63, 3.8) is 0 Å². The third kappa shape index (κ3) is 4.28. The van der Waals surface area contributed by atoms with Gasteiger partial charge in [-0.3, -0.25) is 0 Å². The average molecular weight is 192 g/mol. The van der Waals surface area contributed by atoms with E-state index in [-0.39, 0.29) is 0 Å². The van der Waals surface area contributed by atoms with Crippen LogP contribution in [0.3, 0.4) is 0 Å². The first kappa shape index (κ1) is 9.75. The smallest absolute Gasteiger partial charge is 0.0431 e. The van der Waals surface area contributed by atoms with E-state index in [0.29, 0.717) is 6.61 Å². The number of aliphatic hydroxyl groups excluding tert-OH is 1. The van der Waals surface area contributed by atoms with Gasteiger partial charge in [0.1, 0.15) is 0 Å². The fourth-order valence-electron chi connectivity index (χ4n) is 1.20. The molecule has 0 saturated carbocycles. The Morgan fingerprint density at radius 2 is 2.18 bits per heavy atom. The maximum Gasteiger partial charge on any atom is 0.0431 e. The van der Waals surface area contributed by atoms with Crippen LogP contribution in [0, 0.1) is 0 Å². The quantitative estimate of drug-likeness (QED) is 0.675. The van der Waals surface area contributed by atoms with Gasteiger partial charge in [-0.2, -0.15) is 0 Å². The molecule has 0 spiro atoms. The van der Waals surface area contributed by atoms with Gasteiger partial charge in [0.15, 0.2) is 0 Å². The normalized spacial score (nSPS) is 24.3. The number of thioether (sulfide) groups is 2. The van der Waals surface area contributed by atoms with Gasteiger partial charge in [0, 0.05) is 22.7 Å². The van der Waals surface area contributed by atoms with E-state index < -0.39 is 0 Å². The molecule has 0 aromatic carbocycles. The minimum Gasteiger partial charge on any atom is -0.396 e. The molecule has 1 rings (SSSR count). The highest BCUT2D eigenvalue weighted by Crippen LogP contribution is 2.32. The van der Waals surface area contributed by atoms with Crippen molar-refractivity contribution in [2.75, 3.05) is 17.4 Å². The van der Waals surface area contributed by atoms with E-state index in [2.05, 4.69) is 23.5 Å². The molecule has 0 aromatic heterocycles. The van der Waals surface area contributed by atoms with Crippen molar-refractivity contribution in [1.29, 1.82) is 0 Å². The lowest BCUT2D eigenvalue weighted by atomic mass is 10.1. The Kier molecular flexibility index (Phi) is 5.50. The minimum absolute atomic E-state index is 0.368. The molecule has 1 nitrogen and oxygen atoms in total. The third-order valence-electron chi connectivity index (χ3n) is 1.88. The van der Waals surface area contributed by atoms with Crippen LogP contribution >= 0.6 is 23.5 Å². The van der Waals surface area contributed by atoms with E-state index in [1.807, 2.05) is 0 Å². The van der Waals surface area contributed by atoms with Gasteiger partial charge in [-0.25, -0.2) is 0 Å². The van der Waals surface area contributed by atoms with Crippen molar-refractivity contribution in [3.8, 4) is 0 Å². The topological polar surface area (TPSA) is 20.2 Å². The second-order valence-electron chi connectivity index (χ2n) is 2.85. The average Bonchev–Trinajstić information content (AvgIpc) is 2.50. The summed E-state index contributed by atoms with van der Waals surface area (Å²) in [5.74, 6) is 1.35. The number of hydrogen-bond acceptors (Lipinski definition) is 3. The second-order valence-corrected chi connectivity index (χ2v) is 5.53. The lowest BCUT2D eigenvalue weighted by Crippen LogP contribution is -2.00. The molecule has 1 N–H and O–H groups in total. The van der Waals surface area contributed by atoms with Gasteiger partial charge in [0.05, 0.1) is 0 Å². The Morgan fingerprint density at radius 1 is 1.27 bits per heavy atom. The van der Waals surface area contributed by atoms with Crippen molar-refractivity contribution >= 4 is 23.5 Å². The monoisotopic (exact) mass is 192 g/mol. The van der Waals surface area contributed by atoms with Crippen molar-refractivity contribution in [3.05, 3.63) is 0 Å². The van der Waals surface area contributed by atoms with Crippen LogP contribution < -0.4 is 0 Å². The lowest BCUT2D eigenvalue weighted by Gasteiger charge is -2.05. The summed E-state index contributed by atoms with van der Waals surface area (Å²) in [6.07, 6.45) is 4.86. The number of unbranched alkanes of at least 4 members (excludes halogenated alkanes) is 2. The Hall–Kier alpha value is 0.660. The Bertz CT molecular complexity index is 92.1. The summed E-state index contributed by atoms with van der Waals surface area (Å²) in [7, 11) is 0. The molecule has 0 aliphatic carbocycles. The molecule has 1 atom stereocenters. The Balaban J connectivity index is 1.86. The van der Waals surface area contributed by atoms with Crippen LogP contribution in [0.1, 0.15) is 25.7 Å². The van der Waals surface area contributed by atoms with E-state index in [9.17, 15) is 0 Å². The van der Waals surface area contributed by atoms with Crippen LogP contribution in [0.2, 0.25) is 0 Å². The summed E-state index contributed by atoms with van der Waals surface area (Å²) in [6, 6.07) is 0. The third-order valence-corrected chi connectivity index (χ3v) is 4.81. The van der Waals surface area contributed by atoms with Gasteiger partial charge in [0.2, 0.25) is 0 Å². The molecule has 1 unspecified atom stereocenters. The number of aliphatic hydroxyl groups is 1. The van der Waals surface area contributed by atoms with Crippen molar-refractivity contribution in [1.82, 2.24) is 0 Å². The van der Waals surface area contributed by atoms with E-state index in [1.165, 1.54) is 30.1 Å². The maximum absolute atomic E-state index is 8.55. The molecule has 1 aliphatic rings. The minimum atomic E-state index is 0.368. The summed E-state index contributed by atoms with van der Waals surface area (Å²) in [4.78, 5) is 0. The van der Waals surface area contributed by atoms with E-state index in [1.54, 1.807) is 0 Å². The summed E-state index contributed by atoms with van der Waals surface area (Å²) in [5, 5.41) is 10.8.